The maximum atomic E-state index is 12.8. The van der Waals surface area contributed by atoms with Crippen LogP contribution in [0.15, 0.2) is 18.2 Å². The van der Waals surface area contributed by atoms with E-state index in [9.17, 15) is 13.6 Å². The lowest BCUT2D eigenvalue weighted by atomic mass is 10.1. The minimum atomic E-state index is -0.954. The van der Waals surface area contributed by atoms with E-state index >= 15 is 0 Å². The summed E-state index contributed by atoms with van der Waals surface area (Å²) in [5.74, 6) is -2.46. The lowest BCUT2D eigenvalue weighted by molar-refractivity contribution is -0.142. The SMILES string of the molecule is COC(=O)[C@@H](N)Cc1ccc(F)c(F)c1.Cl. The predicted molar refractivity (Wildman–Crippen MR) is 57.3 cm³/mol. The highest BCUT2D eigenvalue weighted by Crippen LogP contribution is 2.10. The van der Waals surface area contributed by atoms with Crippen molar-refractivity contribution in [2.24, 2.45) is 5.73 Å². The molecular weight excluding hydrogens is 240 g/mol. The molecule has 0 aliphatic carbocycles. The van der Waals surface area contributed by atoms with Gasteiger partial charge < -0.3 is 10.5 Å². The third-order valence-electron chi connectivity index (χ3n) is 1.94. The average Bonchev–Trinajstić information content (AvgIpc) is 2.22. The lowest BCUT2D eigenvalue weighted by Gasteiger charge is -2.08. The van der Waals surface area contributed by atoms with E-state index in [2.05, 4.69) is 4.74 Å². The Morgan fingerprint density at radius 1 is 1.44 bits per heavy atom. The van der Waals surface area contributed by atoms with Gasteiger partial charge in [0, 0.05) is 0 Å². The van der Waals surface area contributed by atoms with Crippen molar-refractivity contribution < 1.29 is 18.3 Å². The zero-order valence-electron chi connectivity index (χ0n) is 8.57. The summed E-state index contributed by atoms with van der Waals surface area (Å²) in [6, 6.07) is 2.52. The predicted octanol–water partition coefficient (Wildman–Crippen LogP) is 1.43. The van der Waals surface area contributed by atoms with E-state index in [1.54, 1.807) is 0 Å². The van der Waals surface area contributed by atoms with Gasteiger partial charge in [-0.3, -0.25) is 4.79 Å². The minimum absolute atomic E-state index is 0. The Morgan fingerprint density at radius 3 is 2.56 bits per heavy atom. The molecule has 0 heterocycles. The van der Waals surface area contributed by atoms with E-state index in [0.717, 1.165) is 12.1 Å². The maximum absolute atomic E-state index is 12.8. The van der Waals surface area contributed by atoms with Gasteiger partial charge in [-0.2, -0.15) is 0 Å². The number of carbonyl (C=O) groups is 1. The van der Waals surface area contributed by atoms with Gasteiger partial charge >= 0.3 is 5.97 Å². The van der Waals surface area contributed by atoms with Gasteiger partial charge in [-0.25, -0.2) is 8.78 Å². The molecule has 1 rings (SSSR count). The van der Waals surface area contributed by atoms with E-state index < -0.39 is 23.6 Å². The van der Waals surface area contributed by atoms with Gasteiger partial charge in [0.25, 0.3) is 0 Å². The second-order valence-electron chi connectivity index (χ2n) is 3.08. The molecule has 0 fully saturated rings. The van der Waals surface area contributed by atoms with Gasteiger partial charge in [0.15, 0.2) is 11.6 Å². The molecule has 1 aromatic carbocycles. The fraction of sp³-hybridized carbons (Fsp3) is 0.300. The summed E-state index contributed by atoms with van der Waals surface area (Å²) in [7, 11) is 1.22. The summed E-state index contributed by atoms with van der Waals surface area (Å²) in [5.41, 5.74) is 5.91. The number of rotatable bonds is 3. The monoisotopic (exact) mass is 251 g/mol. The van der Waals surface area contributed by atoms with Gasteiger partial charge in [0.1, 0.15) is 6.04 Å². The van der Waals surface area contributed by atoms with Gasteiger partial charge in [-0.05, 0) is 24.1 Å². The molecular formula is C10H12ClF2NO2. The molecule has 0 bridgehead atoms. The first-order valence-corrected chi connectivity index (χ1v) is 4.32. The van der Waals surface area contributed by atoms with Crippen LogP contribution < -0.4 is 5.73 Å². The summed E-state index contributed by atoms with van der Waals surface area (Å²) in [5, 5.41) is 0. The van der Waals surface area contributed by atoms with Crippen molar-refractivity contribution in [2.45, 2.75) is 12.5 Å². The minimum Gasteiger partial charge on any atom is -0.468 e. The molecule has 0 spiro atoms. The highest BCUT2D eigenvalue weighted by atomic mass is 35.5. The molecule has 0 aliphatic heterocycles. The molecule has 1 atom stereocenters. The zero-order valence-corrected chi connectivity index (χ0v) is 9.39. The molecule has 90 valence electrons. The standard InChI is InChI=1S/C10H11F2NO2.ClH/c1-15-10(14)9(13)5-6-2-3-7(11)8(12)4-6;/h2-4,9H,5,13H2,1H3;1H/t9-;/m0./s1. The number of hydrogen-bond donors (Lipinski definition) is 1. The smallest absolute Gasteiger partial charge is 0.322 e. The Bertz CT molecular complexity index is 374. The van der Waals surface area contributed by atoms with Crippen molar-refractivity contribution in [2.75, 3.05) is 7.11 Å². The van der Waals surface area contributed by atoms with Crippen LogP contribution in [0.3, 0.4) is 0 Å². The van der Waals surface area contributed by atoms with E-state index in [1.165, 1.54) is 13.2 Å². The van der Waals surface area contributed by atoms with Crippen LogP contribution in [-0.2, 0) is 16.0 Å². The third-order valence-corrected chi connectivity index (χ3v) is 1.94. The number of carbonyl (C=O) groups excluding carboxylic acids is 1. The van der Waals surface area contributed by atoms with Crippen molar-refractivity contribution in [3.8, 4) is 0 Å². The quantitative estimate of drug-likeness (QED) is 0.827. The van der Waals surface area contributed by atoms with Crippen LogP contribution in [0.2, 0.25) is 0 Å². The molecule has 0 unspecified atom stereocenters. The van der Waals surface area contributed by atoms with Crippen molar-refractivity contribution in [3.63, 3.8) is 0 Å². The summed E-state index contributed by atoms with van der Waals surface area (Å²) >= 11 is 0. The fourth-order valence-electron chi connectivity index (χ4n) is 1.16. The second kappa shape index (κ2) is 6.40. The summed E-state index contributed by atoms with van der Waals surface area (Å²) in [4.78, 5) is 11.0. The summed E-state index contributed by atoms with van der Waals surface area (Å²) < 4.78 is 29.8. The van der Waals surface area contributed by atoms with Crippen LogP contribution in [-0.4, -0.2) is 19.1 Å². The topological polar surface area (TPSA) is 52.3 Å². The first-order chi connectivity index (χ1) is 7.04. The van der Waals surface area contributed by atoms with E-state index in [4.69, 9.17) is 5.73 Å². The number of hydrogen-bond acceptors (Lipinski definition) is 3. The molecule has 2 N–H and O–H groups in total. The molecule has 0 saturated heterocycles. The largest absolute Gasteiger partial charge is 0.468 e. The second-order valence-corrected chi connectivity index (χ2v) is 3.08. The Morgan fingerprint density at radius 2 is 2.06 bits per heavy atom. The number of halogens is 3. The molecule has 0 amide bonds. The number of methoxy groups -OCH3 is 1. The number of benzene rings is 1. The van der Waals surface area contributed by atoms with Crippen LogP contribution in [0.25, 0.3) is 0 Å². The van der Waals surface area contributed by atoms with Gasteiger partial charge in [0.05, 0.1) is 7.11 Å². The Balaban J connectivity index is 0.00000225. The molecule has 0 radical (unpaired) electrons. The normalized spacial score (nSPS) is 11.5. The molecule has 0 saturated carbocycles. The first kappa shape index (κ1) is 14.8. The summed E-state index contributed by atoms with van der Waals surface area (Å²) in [6.45, 7) is 0. The van der Waals surface area contributed by atoms with Gasteiger partial charge in [-0.1, -0.05) is 6.07 Å². The molecule has 3 nitrogen and oxygen atoms in total. The highest BCUT2D eigenvalue weighted by Gasteiger charge is 2.15. The van der Waals surface area contributed by atoms with Gasteiger partial charge in [-0.15, -0.1) is 12.4 Å². The summed E-state index contributed by atoms with van der Waals surface area (Å²) in [6.07, 6.45) is 0.115. The Kier molecular flexibility index (Phi) is 5.92. The van der Waals surface area contributed by atoms with E-state index in [0.29, 0.717) is 5.56 Å². The molecule has 0 aromatic heterocycles. The first-order valence-electron chi connectivity index (χ1n) is 4.32. The molecule has 16 heavy (non-hydrogen) atoms. The van der Waals surface area contributed by atoms with Crippen LogP contribution in [0, 0.1) is 11.6 Å². The Labute approximate surface area is 98.0 Å². The number of ether oxygens (including phenoxy) is 1. The highest BCUT2D eigenvalue weighted by molar-refractivity contribution is 5.85. The molecule has 1 aromatic rings. The molecule has 0 aliphatic rings. The zero-order chi connectivity index (χ0) is 11.4. The average molecular weight is 252 g/mol. The third kappa shape index (κ3) is 3.75. The fourth-order valence-corrected chi connectivity index (χ4v) is 1.16. The van der Waals surface area contributed by atoms with Crippen molar-refractivity contribution in [1.29, 1.82) is 0 Å². The van der Waals surface area contributed by atoms with Crippen LogP contribution in [0.5, 0.6) is 0 Å². The van der Waals surface area contributed by atoms with Gasteiger partial charge in [0.2, 0.25) is 0 Å². The van der Waals surface area contributed by atoms with Crippen LogP contribution >= 0.6 is 12.4 Å². The van der Waals surface area contributed by atoms with Crippen molar-refractivity contribution in [1.82, 2.24) is 0 Å². The Hall–Kier alpha value is -1.20. The van der Waals surface area contributed by atoms with Crippen LogP contribution in [0.1, 0.15) is 5.56 Å². The number of nitrogens with two attached hydrogens (primary N) is 1. The van der Waals surface area contributed by atoms with Crippen molar-refractivity contribution >= 4 is 18.4 Å². The van der Waals surface area contributed by atoms with Crippen molar-refractivity contribution in [3.05, 3.63) is 35.4 Å². The van der Waals surface area contributed by atoms with E-state index in [1.807, 2.05) is 0 Å². The van der Waals surface area contributed by atoms with E-state index in [-0.39, 0.29) is 18.8 Å². The maximum Gasteiger partial charge on any atom is 0.322 e. The van der Waals surface area contributed by atoms with Crippen LogP contribution in [0.4, 0.5) is 8.78 Å². The molecule has 6 heteroatoms. The lowest BCUT2D eigenvalue weighted by Crippen LogP contribution is -2.33. The number of esters is 1.